The van der Waals surface area contributed by atoms with Gasteiger partial charge in [0, 0.05) is 19.2 Å². The van der Waals surface area contributed by atoms with Gasteiger partial charge in [0.25, 0.3) is 0 Å². The third-order valence-electron chi connectivity index (χ3n) is 4.71. The molecule has 3 heterocycles. The van der Waals surface area contributed by atoms with E-state index in [1.54, 1.807) is 27.9 Å². The van der Waals surface area contributed by atoms with Crippen LogP contribution in [0.25, 0.3) is 0 Å². The molecule has 4 rings (SSSR count). The molecule has 2 aliphatic rings. The highest BCUT2D eigenvalue weighted by Crippen LogP contribution is 2.29. The molecule has 2 aromatic rings. The molecule has 2 aliphatic heterocycles. The second-order valence-electron chi connectivity index (χ2n) is 6.56. The summed E-state index contributed by atoms with van der Waals surface area (Å²) in [6, 6.07) is 4.43. The van der Waals surface area contributed by atoms with Crippen LogP contribution < -0.4 is 9.80 Å². The third kappa shape index (κ3) is 3.47. The van der Waals surface area contributed by atoms with E-state index in [1.807, 2.05) is 0 Å². The summed E-state index contributed by atoms with van der Waals surface area (Å²) >= 11 is 0. The average Bonchev–Trinajstić information content (AvgIpc) is 3.27. The highest BCUT2D eigenvalue weighted by atomic mass is 19.1. The predicted octanol–water partition coefficient (Wildman–Crippen LogP) is 0.583. The Morgan fingerprint density at radius 1 is 1.30 bits per heavy atom. The predicted molar refractivity (Wildman–Crippen MR) is 91.9 cm³/mol. The fourth-order valence-corrected chi connectivity index (χ4v) is 3.32. The molecule has 0 aliphatic carbocycles. The van der Waals surface area contributed by atoms with Crippen molar-refractivity contribution in [2.75, 3.05) is 29.4 Å². The van der Waals surface area contributed by atoms with Crippen molar-refractivity contribution in [2.24, 2.45) is 0 Å². The van der Waals surface area contributed by atoms with E-state index in [-0.39, 0.29) is 31.0 Å². The lowest BCUT2D eigenvalue weighted by atomic mass is 10.1. The highest BCUT2D eigenvalue weighted by molar-refractivity contribution is 5.90. The Morgan fingerprint density at radius 2 is 2.15 bits per heavy atom. The van der Waals surface area contributed by atoms with Crippen molar-refractivity contribution in [1.29, 1.82) is 0 Å². The minimum atomic E-state index is -1.11. The summed E-state index contributed by atoms with van der Waals surface area (Å²) < 4.78 is 21.5. The molecule has 0 saturated carbocycles. The fourth-order valence-electron chi connectivity index (χ4n) is 3.32. The molecule has 0 radical (unpaired) electrons. The highest BCUT2D eigenvalue weighted by Gasteiger charge is 2.33. The van der Waals surface area contributed by atoms with Gasteiger partial charge >= 0.3 is 6.09 Å². The standard InChI is InChI=1S/C17H18FN5O4/c18-13-7-11(1-2-14(13)21-5-3-15(24)16(25)10-21)23-9-12(27-17(23)26)8-22-6-4-19-20-22/h1-2,4,6-7,12,16,25H,3,5,8-10H2/t12-,16-/m0/s1. The Balaban J connectivity index is 1.47. The smallest absolute Gasteiger partial charge is 0.414 e. The van der Waals surface area contributed by atoms with Crippen molar-refractivity contribution >= 4 is 23.3 Å². The minimum Gasteiger partial charge on any atom is -0.442 e. The maximum atomic E-state index is 14.6. The van der Waals surface area contributed by atoms with E-state index >= 15 is 0 Å². The van der Waals surface area contributed by atoms with Gasteiger partial charge in [0.15, 0.2) is 5.78 Å². The van der Waals surface area contributed by atoms with Crippen LogP contribution in [0.1, 0.15) is 6.42 Å². The Labute approximate surface area is 153 Å². The number of aliphatic hydroxyl groups is 1. The number of β-amino-alcohol motifs (C(OH)–C–C–N with tert-alkyl or cyclic N) is 1. The van der Waals surface area contributed by atoms with Crippen LogP contribution in [0.5, 0.6) is 0 Å². The minimum absolute atomic E-state index is 0.0564. The van der Waals surface area contributed by atoms with Crippen molar-refractivity contribution in [2.45, 2.75) is 25.2 Å². The van der Waals surface area contributed by atoms with E-state index < -0.39 is 24.1 Å². The van der Waals surface area contributed by atoms with E-state index in [0.717, 1.165) is 0 Å². The molecule has 2 atom stereocenters. The lowest BCUT2D eigenvalue weighted by molar-refractivity contribution is -0.127. The molecular weight excluding hydrogens is 357 g/mol. The number of aromatic nitrogens is 3. The third-order valence-corrected chi connectivity index (χ3v) is 4.71. The number of aliphatic hydroxyl groups excluding tert-OH is 1. The molecule has 0 bridgehead atoms. The number of amides is 1. The van der Waals surface area contributed by atoms with Crippen LogP contribution in [0.15, 0.2) is 30.6 Å². The van der Waals surface area contributed by atoms with Gasteiger partial charge in [0.2, 0.25) is 0 Å². The number of Topliss-reactive ketones (excluding diaryl/α,β-unsaturated/α-hetero) is 1. The Morgan fingerprint density at radius 3 is 2.85 bits per heavy atom. The van der Waals surface area contributed by atoms with Crippen molar-refractivity contribution in [3.05, 3.63) is 36.4 Å². The van der Waals surface area contributed by atoms with Gasteiger partial charge in [-0.25, -0.2) is 13.9 Å². The van der Waals surface area contributed by atoms with Gasteiger partial charge in [-0.05, 0) is 18.2 Å². The fraction of sp³-hybridized carbons (Fsp3) is 0.412. The number of halogens is 1. The number of piperidine rings is 1. The zero-order chi connectivity index (χ0) is 19.0. The van der Waals surface area contributed by atoms with Crippen LogP contribution >= 0.6 is 0 Å². The molecular formula is C17H18FN5O4. The molecule has 2 saturated heterocycles. The molecule has 27 heavy (non-hydrogen) atoms. The molecule has 10 heteroatoms. The van der Waals surface area contributed by atoms with Gasteiger partial charge in [-0.15, -0.1) is 5.10 Å². The van der Waals surface area contributed by atoms with Gasteiger partial charge in [0.1, 0.15) is 18.0 Å². The summed E-state index contributed by atoms with van der Waals surface area (Å²) in [6.45, 7) is 1.04. The number of ketones is 1. The maximum Gasteiger partial charge on any atom is 0.414 e. The summed E-state index contributed by atoms with van der Waals surface area (Å²) in [5.41, 5.74) is 0.674. The van der Waals surface area contributed by atoms with Gasteiger partial charge in [-0.2, -0.15) is 0 Å². The Kier molecular flexibility index (Phi) is 4.48. The normalized spacial score (nSPS) is 23.0. The zero-order valence-electron chi connectivity index (χ0n) is 14.4. The monoisotopic (exact) mass is 375 g/mol. The molecule has 1 aromatic carbocycles. The molecule has 142 valence electrons. The molecule has 9 nitrogen and oxygen atoms in total. The number of anilines is 2. The van der Waals surface area contributed by atoms with Gasteiger partial charge < -0.3 is 14.7 Å². The van der Waals surface area contributed by atoms with E-state index in [9.17, 15) is 19.1 Å². The summed E-state index contributed by atoms with van der Waals surface area (Å²) in [6.07, 6.45) is 1.31. The van der Waals surface area contributed by atoms with E-state index in [0.29, 0.717) is 18.8 Å². The number of rotatable bonds is 4. The lowest BCUT2D eigenvalue weighted by Crippen LogP contribution is -2.44. The zero-order valence-corrected chi connectivity index (χ0v) is 14.4. The molecule has 2 fully saturated rings. The van der Waals surface area contributed by atoms with Crippen molar-refractivity contribution < 1.29 is 23.8 Å². The molecule has 0 spiro atoms. The van der Waals surface area contributed by atoms with Crippen LogP contribution in [0, 0.1) is 5.82 Å². The van der Waals surface area contributed by atoms with Gasteiger partial charge in [-0.3, -0.25) is 9.69 Å². The first-order valence-corrected chi connectivity index (χ1v) is 8.59. The lowest BCUT2D eigenvalue weighted by Gasteiger charge is -2.31. The Hall–Kier alpha value is -3.01. The number of hydrogen-bond acceptors (Lipinski definition) is 7. The van der Waals surface area contributed by atoms with E-state index in [4.69, 9.17) is 4.74 Å². The van der Waals surface area contributed by atoms with Crippen molar-refractivity contribution in [3.8, 4) is 0 Å². The summed E-state index contributed by atoms with van der Waals surface area (Å²) in [5.74, 6) is -0.761. The second kappa shape index (κ2) is 6.95. The average molecular weight is 375 g/mol. The molecule has 0 unspecified atom stereocenters. The van der Waals surface area contributed by atoms with Crippen LogP contribution in [0.3, 0.4) is 0 Å². The van der Waals surface area contributed by atoms with Crippen molar-refractivity contribution in [1.82, 2.24) is 15.0 Å². The summed E-state index contributed by atoms with van der Waals surface area (Å²) in [5, 5.41) is 17.2. The van der Waals surface area contributed by atoms with Gasteiger partial charge in [-0.1, -0.05) is 5.21 Å². The number of cyclic esters (lactones) is 1. The number of nitrogens with zero attached hydrogens (tertiary/aromatic N) is 5. The topological polar surface area (TPSA) is 101 Å². The number of carbonyl (C=O) groups excluding carboxylic acids is 2. The number of hydrogen-bond donors (Lipinski definition) is 1. The number of benzene rings is 1. The first-order valence-electron chi connectivity index (χ1n) is 8.59. The van der Waals surface area contributed by atoms with Crippen LogP contribution in [0.4, 0.5) is 20.6 Å². The van der Waals surface area contributed by atoms with Crippen molar-refractivity contribution in [3.63, 3.8) is 0 Å². The van der Waals surface area contributed by atoms with Crippen LogP contribution in [-0.2, 0) is 16.1 Å². The number of ether oxygens (including phenoxy) is 1. The van der Waals surface area contributed by atoms with E-state index in [1.165, 1.54) is 17.2 Å². The molecule has 1 aromatic heterocycles. The molecule has 1 N–H and O–H groups in total. The quantitative estimate of drug-likeness (QED) is 0.834. The van der Waals surface area contributed by atoms with Gasteiger partial charge in [0.05, 0.1) is 37.2 Å². The largest absolute Gasteiger partial charge is 0.442 e. The van der Waals surface area contributed by atoms with E-state index in [2.05, 4.69) is 10.3 Å². The SMILES string of the molecule is O=C1CCN(c2ccc(N3C[C@H](Cn4ccnn4)OC3=O)cc2F)C[C@@H]1O. The first-order chi connectivity index (χ1) is 13.0. The second-order valence-corrected chi connectivity index (χ2v) is 6.56. The summed E-state index contributed by atoms with van der Waals surface area (Å²) in [7, 11) is 0. The van der Waals surface area contributed by atoms with Crippen LogP contribution in [0.2, 0.25) is 0 Å². The maximum absolute atomic E-state index is 14.6. The van der Waals surface area contributed by atoms with Crippen LogP contribution in [-0.4, -0.2) is 63.8 Å². The first kappa shape index (κ1) is 17.4. The Bertz CT molecular complexity index is 859. The summed E-state index contributed by atoms with van der Waals surface area (Å²) in [4.78, 5) is 26.6. The number of carbonyl (C=O) groups is 2. The molecule has 1 amide bonds.